The van der Waals surface area contributed by atoms with E-state index in [-0.39, 0.29) is 40.2 Å². The molecule has 0 bridgehead atoms. The van der Waals surface area contributed by atoms with Gasteiger partial charge >= 0.3 is 5.97 Å². The van der Waals surface area contributed by atoms with Gasteiger partial charge < -0.3 is 39.4 Å². The van der Waals surface area contributed by atoms with Crippen LogP contribution in [-0.2, 0) is 25.5 Å². The van der Waals surface area contributed by atoms with E-state index < -0.39 is 54.3 Å². The molecule has 39 heavy (non-hydrogen) atoms. The number of aryl methyl sites for hydroxylation is 1. The maximum atomic E-state index is 13.0. The highest BCUT2D eigenvalue weighted by Crippen LogP contribution is 2.42. The molecule has 5 unspecified atom stereocenters. The van der Waals surface area contributed by atoms with Gasteiger partial charge in [-0.3, -0.25) is 9.59 Å². The van der Waals surface area contributed by atoms with Crippen LogP contribution in [0.5, 0.6) is 11.5 Å². The third kappa shape index (κ3) is 5.86. The summed E-state index contributed by atoms with van der Waals surface area (Å²) in [7, 11) is 0. The third-order valence-corrected chi connectivity index (χ3v) is 6.40. The Morgan fingerprint density at radius 1 is 1.08 bits per heavy atom. The SMILES string of the molecule is CC(=O)Cc1cc(=O)c2c(C)cc(O)c(C3OC(CO)C(O)C(O)C3OC(=O)C=Cc3ccc(O)cc3)c2o1. The zero-order chi connectivity index (χ0) is 28.4. The highest BCUT2D eigenvalue weighted by atomic mass is 16.6. The predicted molar refractivity (Wildman–Crippen MR) is 137 cm³/mol. The molecule has 0 aliphatic carbocycles. The van der Waals surface area contributed by atoms with E-state index in [9.17, 15) is 39.9 Å². The second kappa shape index (κ2) is 11.4. The number of fused-ring (bicyclic) bond motifs is 1. The summed E-state index contributed by atoms with van der Waals surface area (Å²) in [5, 5.41) is 51.6. The number of carbonyl (C=O) groups is 2. The predicted octanol–water partition coefficient (Wildman–Crippen LogP) is 1.42. The molecular formula is C28H28O11. The van der Waals surface area contributed by atoms with Crippen LogP contribution in [-0.4, -0.2) is 68.3 Å². The largest absolute Gasteiger partial charge is 0.508 e. The van der Waals surface area contributed by atoms with Crippen LogP contribution in [0.1, 0.15) is 35.5 Å². The van der Waals surface area contributed by atoms with E-state index in [4.69, 9.17) is 13.9 Å². The van der Waals surface area contributed by atoms with Crippen molar-refractivity contribution in [2.75, 3.05) is 6.61 Å². The summed E-state index contributed by atoms with van der Waals surface area (Å²) in [5.41, 5.74) is 0.107. The third-order valence-electron chi connectivity index (χ3n) is 6.40. The molecule has 206 valence electrons. The number of aromatic hydroxyl groups is 2. The van der Waals surface area contributed by atoms with Crippen LogP contribution in [0.2, 0.25) is 0 Å². The molecule has 0 saturated carbocycles. The average Bonchev–Trinajstić information content (AvgIpc) is 2.86. The standard InChI is InChI=1S/C28H28O11/c1-13-9-18(32)23(26-22(13)19(33)11-17(37-26)10-14(2)30)27-28(25(36)24(35)20(12-29)38-27)39-21(34)8-5-15-3-6-16(31)7-4-15/h3-9,11,20,24-25,27-29,31-32,35-36H,10,12H2,1-2H3. The molecule has 1 aliphatic rings. The minimum absolute atomic E-state index is 0.0201. The number of hydrogen-bond acceptors (Lipinski definition) is 11. The van der Waals surface area contributed by atoms with Crippen molar-refractivity contribution in [2.45, 2.75) is 50.8 Å². The lowest BCUT2D eigenvalue weighted by atomic mass is 9.89. The van der Waals surface area contributed by atoms with Crippen molar-refractivity contribution in [1.82, 2.24) is 0 Å². The van der Waals surface area contributed by atoms with Gasteiger partial charge in [0, 0.05) is 12.1 Å². The molecule has 1 aliphatic heterocycles. The number of ketones is 1. The number of carbonyl (C=O) groups excluding carboxylic acids is 2. The monoisotopic (exact) mass is 540 g/mol. The van der Waals surface area contributed by atoms with Crippen molar-refractivity contribution in [3.8, 4) is 11.5 Å². The van der Waals surface area contributed by atoms with Crippen molar-refractivity contribution in [3.05, 3.63) is 75.1 Å². The Morgan fingerprint density at radius 3 is 2.41 bits per heavy atom. The Hall–Kier alpha value is -4.03. The Morgan fingerprint density at radius 2 is 1.77 bits per heavy atom. The number of ether oxygens (including phenoxy) is 2. The van der Waals surface area contributed by atoms with E-state index in [1.165, 1.54) is 37.3 Å². The van der Waals surface area contributed by atoms with Crippen molar-refractivity contribution < 1.29 is 49.0 Å². The van der Waals surface area contributed by atoms with Gasteiger partial charge in [-0.15, -0.1) is 0 Å². The molecule has 5 N–H and O–H groups in total. The van der Waals surface area contributed by atoms with E-state index in [0.29, 0.717) is 11.1 Å². The molecule has 0 radical (unpaired) electrons. The number of Topliss-reactive ketones (excluding diaryl/α,β-unsaturated/α-hetero) is 1. The molecule has 0 amide bonds. The van der Waals surface area contributed by atoms with E-state index in [1.807, 2.05) is 0 Å². The van der Waals surface area contributed by atoms with Crippen LogP contribution in [0.3, 0.4) is 0 Å². The minimum atomic E-state index is -1.77. The van der Waals surface area contributed by atoms with Crippen LogP contribution in [0, 0.1) is 6.92 Å². The molecule has 1 saturated heterocycles. The number of esters is 1. The first kappa shape index (κ1) is 28.0. The molecule has 2 heterocycles. The van der Waals surface area contributed by atoms with Crippen molar-refractivity contribution in [1.29, 1.82) is 0 Å². The van der Waals surface area contributed by atoms with Crippen molar-refractivity contribution >= 4 is 28.8 Å². The van der Waals surface area contributed by atoms with Crippen LogP contribution < -0.4 is 5.43 Å². The van der Waals surface area contributed by atoms with E-state index in [0.717, 1.165) is 6.08 Å². The van der Waals surface area contributed by atoms with Gasteiger partial charge in [-0.1, -0.05) is 12.1 Å². The summed E-state index contributed by atoms with van der Waals surface area (Å²) in [6.45, 7) is 2.16. The number of rotatable bonds is 7. The van der Waals surface area contributed by atoms with Crippen molar-refractivity contribution in [2.24, 2.45) is 0 Å². The van der Waals surface area contributed by atoms with Gasteiger partial charge in [0.05, 0.1) is 24.0 Å². The fourth-order valence-corrected chi connectivity index (χ4v) is 4.56. The zero-order valence-electron chi connectivity index (χ0n) is 21.1. The smallest absolute Gasteiger partial charge is 0.331 e. The number of benzene rings is 2. The number of aliphatic hydroxyl groups excluding tert-OH is 3. The zero-order valence-corrected chi connectivity index (χ0v) is 21.1. The van der Waals surface area contributed by atoms with Crippen molar-refractivity contribution in [3.63, 3.8) is 0 Å². The van der Waals surface area contributed by atoms with E-state index in [2.05, 4.69) is 0 Å². The van der Waals surface area contributed by atoms with Crippen LogP contribution in [0.4, 0.5) is 0 Å². The Labute approximate surface area is 222 Å². The van der Waals surface area contributed by atoms with Crippen LogP contribution in [0.25, 0.3) is 17.0 Å². The quantitative estimate of drug-likeness (QED) is 0.216. The Bertz CT molecular complexity index is 1470. The molecular weight excluding hydrogens is 512 g/mol. The van der Waals surface area contributed by atoms with E-state index in [1.54, 1.807) is 19.1 Å². The summed E-state index contributed by atoms with van der Waals surface area (Å²) in [6, 6.07) is 8.38. The lowest BCUT2D eigenvalue weighted by molar-refractivity contribution is -0.239. The summed E-state index contributed by atoms with van der Waals surface area (Å²) in [4.78, 5) is 37.4. The average molecular weight is 541 g/mol. The normalized spacial score (nSPS) is 23.3. The summed E-state index contributed by atoms with van der Waals surface area (Å²) in [6.07, 6.45) is -5.63. The number of phenolic OH excluding ortho intramolecular Hbond substituents is 2. The molecule has 0 spiro atoms. The fraction of sp³-hybridized carbons (Fsp3) is 0.321. The Kier molecular flexibility index (Phi) is 8.17. The lowest BCUT2D eigenvalue weighted by Gasteiger charge is -2.42. The molecule has 11 nitrogen and oxygen atoms in total. The number of aliphatic hydroxyl groups is 3. The first-order valence-electron chi connectivity index (χ1n) is 12.1. The molecule has 1 aromatic heterocycles. The van der Waals surface area contributed by atoms with Gasteiger partial charge in [0.25, 0.3) is 0 Å². The van der Waals surface area contributed by atoms with Crippen LogP contribution in [0.15, 0.2) is 51.7 Å². The van der Waals surface area contributed by atoms with Gasteiger partial charge in [0.2, 0.25) is 0 Å². The van der Waals surface area contributed by atoms with Gasteiger partial charge in [0.1, 0.15) is 53.0 Å². The topological polar surface area (TPSA) is 184 Å². The first-order valence-corrected chi connectivity index (χ1v) is 12.1. The molecule has 5 atom stereocenters. The van der Waals surface area contributed by atoms with E-state index >= 15 is 0 Å². The number of hydrogen-bond donors (Lipinski definition) is 5. The molecule has 2 aromatic carbocycles. The lowest BCUT2D eigenvalue weighted by Crippen LogP contribution is -2.56. The maximum Gasteiger partial charge on any atom is 0.331 e. The molecule has 4 rings (SSSR count). The summed E-state index contributed by atoms with van der Waals surface area (Å²) >= 11 is 0. The highest BCUT2D eigenvalue weighted by Gasteiger charge is 2.48. The fourth-order valence-electron chi connectivity index (χ4n) is 4.56. The molecule has 3 aromatic rings. The first-order chi connectivity index (χ1) is 18.5. The van der Waals surface area contributed by atoms with Gasteiger partial charge in [-0.2, -0.15) is 0 Å². The van der Waals surface area contributed by atoms with Gasteiger partial charge in [0.15, 0.2) is 11.5 Å². The highest BCUT2D eigenvalue weighted by molar-refractivity contribution is 5.88. The Balaban J connectivity index is 1.80. The second-order valence-electron chi connectivity index (χ2n) is 9.37. The maximum absolute atomic E-state index is 13.0. The molecule has 1 fully saturated rings. The summed E-state index contributed by atoms with van der Waals surface area (Å²) < 4.78 is 17.1. The minimum Gasteiger partial charge on any atom is -0.508 e. The number of phenols is 2. The molecule has 11 heteroatoms. The van der Waals surface area contributed by atoms with Gasteiger partial charge in [-0.05, 0) is 49.2 Å². The van der Waals surface area contributed by atoms with Gasteiger partial charge in [-0.25, -0.2) is 4.79 Å². The second-order valence-corrected chi connectivity index (χ2v) is 9.37. The van der Waals surface area contributed by atoms with Crippen LogP contribution >= 0.6 is 0 Å². The summed E-state index contributed by atoms with van der Waals surface area (Å²) in [5.74, 6) is -1.59.